The molecule has 21 heavy (non-hydrogen) atoms. The third-order valence-electron chi connectivity index (χ3n) is 6.56. The summed E-state index contributed by atoms with van der Waals surface area (Å²) in [6.45, 7) is 4.47. The van der Waals surface area contributed by atoms with Crippen LogP contribution in [0.5, 0.6) is 0 Å². The minimum Gasteiger partial charge on any atom is -0.382 e. The van der Waals surface area contributed by atoms with Crippen LogP contribution in [0, 0.1) is 30.1 Å². The number of rotatable bonds is 3. The molecule has 0 radical (unpaired) electrons. The fourth-order valence-corrected chi connectivity index (χ4v) is 5.97. The van der Waals surface area contributed by atoms with Crippen LogP contribution in [0.4, 0.5) is 5.69 Å². The fraction of sp³-hybridized carbons (Fsp3) is 0.684. The molecule has 0 heterocycles. The zero-order valence-electron chi connectivity index (χ0n) is 13.2. The average Bonchev–Trinajstić information content (AvgIpc) is 2.41. The Morgan fingerprint density at radius 1 is 1.10 bits per heavy atom. The van der Waals surface area contributed by atoms with E-state index in [4.69, 9.17) is 11.6 Å². The molecule has 0 aliphatic heterocycles. The zero-order valence-corrected chi connectivity index (χ0v) is 13.9. The molecule has 1 unspecified atom stereocenters. The van der Waals surface area contributed by atoms with E-state index in [-0.39, 0.29) is 0 Å². The standard InChI is InChI=1S/C19H26ClN/c1-12-3-4-17(8-18(12)20)21-13(2)19-9-14-5-15(10-19)7-16(6-14)11-19/h3-4,8,13-16,21H,5-7,9-11H2,1-2H3. The number of hydrogen-bond donors (Lipinski definition) is 1. The van der Waals surface area contributed by atoms with Crippen LogP contribution in [0.1, 0.15) is 51.0 Å². The van der Waals surface area contributed by atoms with E-state index < -0.39 is 0 Å². The minimum absolute atomic E-state index is 0.548. The molecule has 1 aromatic rings. The molecule has 4 saturated carbocycles. The van der Waals surface area contributed by atoms with E-state index in [9.17, 15) is 0 Å². The van der Waals surface area contributed by atoms with Crippen molar-refractivity contribution >= 4 is 17.3 Å². The highest BCUT2D eigenvalue weighted by Crippen LogP contribution is 2.61. The van der Waals surface area contributed by atoms with Crippen molar-refractivity contribution < 1.29 is 0 Å². The molecule has 4 aliphatic rings. The van der Waals surface area contributed by atoms with Crippen molar-refractivity contribution in [3.8, 4) is 0 Å². The van der Waals surface area contributed by atoms with E-state index in [1.165, 1.54) is 44.2 Å². The molecule has 0 aromatic heterocycles. The highest BCUT2D eigenvalue weighted by molar-refractivity contribution is 6.31. The number of nitrogens with one attached hydrogen (secondary N) is 1. The van der Waals surface area contributed by atoms with E-state index in [2.05, 4.69) is 37.4 Å². The molecule has 1 nitrogen and oxygen atoms in total. The third kappa shape index (κ3) is 2.38. The second-order valence-electron chi connectivity index (χ2n) is 8.11. The normalized spacial score (nSPS) is 38.5. The van der Waals surface area contributed by atoms with E-state index in [0.717, 1.165) is 28.3 Å². The summed E-state index contributed by atoms with van der Waals surface area (Å²) in [7, 11) is 0. The third-order valence-corrected chi connectivity index (χ3v) is 6.97. The van der Waals surface area contributed by atoms with Crippen molar-refractivity contribution in [2.24, 2.45) is 23.2 Å². The van der Waals surface area contributed by atoms with Gasteiger partial charge in [0.1, 0.15) is 0 Å². The lowest BCUT2D eigenvalue weighted by atomic mass is 9.48. The van der Waals surface area contributed by atoms with Crippen LogP contribution in [0.2, 0.25) is 5.02 Å². The Morgan fingerprint density at radius 3 is 2.19 bits per heavy atom. The second-order valence-corrected chi connectivity index (χ2v) is 8.52. The molecule has 0 amide bonds. The van der Waals surface area contributed by atoms with Crippen molar-refractivity contribution in [3.05, 3.63) is 28.8 Å². The molecule has 114 valence electrons. The molecule has 4 bridgehead atoms. The van der Waals surface area contributed by atoms with Crippen LogP contribution in [-0.4, -0.2) is 6.04 Å². The number of aryl methyl sites for hydroxylation is 1. The Bertz CT molecular complexity index is 515. The first-order chi connectivity index (χ1) is 10.0. The number of hydrogen-bond acceptors (Lipinski definition) is 1. The molecular weight excluding hydrogens is 278 g/mol. The fourth-order valence-electron chi connectivity index (χ4n) is 5.79. The largest absolute Gasteiger partial charge is 0.382 e. The molecule has 1 atom stereocenters. The highest BCUT2D eigenvalue weighted by Gasteiger charge is 2.53. The van der Waals surface area contributed by atoms with Crippen LogP contribution in [0.15, 0.2) is 18.2 Å². The zero-order chi connectivity index (χ0) is 14.6. The van der Waals surface area contributed by atoms with Crippen LogP contribution in [0.3, 0.4) is 0 Å². The Balaban J connectivity index is 1.54. The first-order valence-electron chi connectivity index (χ1n) is 8.57. The minimum atomic E-state index is 0.548. The van der Waals surface area contributed by atoms with E-state index in [1.54, 1.807) is 0 Å². The van der Waals surface area contributed by atoms with E-state index >= 15 is 0 Å². The van der Waals surface area contributed by atoms with E-state index in [1.807, 2.05) is 0 Å². The van der Waals surface area contributed by atoms with Crippen molar-refractivity contribution in [2.75, 3.05) is 5.32 Å². The quantitative estimate of drug-likeness (QED) is 0.759. The topological polar surface area (TPSA) is 12.0 Å². The van der Waals surface area contributed by atoms with Gasteiger partial charge in [-0.15, -0.1) is 0 Å². The molecule has 1 aromatic carbocycles. The van der Waals surface area contributed by atoms with Crippen molar-refractivity contribution in [2.45, 2.75) is 58.4 Å². The van der Waals surface area contributed by atoms with Gasteiger partial charge in [0, 0.05) is 16.8 Å². The summed E-state index contributed by atoms with van der Waals surface area (Å²) >= 11 is 6.28. The van der Waals surface area contributed by atoms with Gasteiger partial charge in [-0.05, 0) is 93.2 Å². The Kier molecular flexibility index (Phi) is 3.26. The van der Waals surface area contributed by atoms with Gasteiger partial charge >= 0.3 is 0 Å². The molecule has 0 saturated heterocycles. The van der Waals surface area contributed by atoms with Gasteiger partial charge in [-0.1, -0.05) is 17.7 Å². The molecule has 4 fully saturated rings. The molecule has 5 rings (SSSR count). The molecule has 0 spiro atoms. The molecule has 1 N–H and O–H groups in total. The maximum Gasteiger partial charge on any atom is 0.0455 e. The molecular formula is C19H26ClN. The number of anilines is 1. The Hall–Kier alpha value is -0.690. The lowest BCUT2D eigenvalue weighted by molar-refractivity contribution is -0.0602. The van der Waals surface area contributed by atoms with Crippen LogP contribution < -0.4 is 5.32 Å². The van der Waals surface area contributed by atoms with E-state index in [0.29, 0.717) is 11.5 Å². The SMILES string of the molecule is Cc1ccc(NC(C)C23CC4CC(CC(C4)C2)C3)cc1Cl. The van der Waals surface area contributed by atoms with Crippen molar-refractivity contribution in [1.29, 1.82) is 0 Å². The van der Waals surface area contributed by atoms with Gasteiger partial charge in [-0.25, -0.2) is 0 Å². The summed E-state index contributed by atoms with van der Waals surface area (Å²) in [4.78, 5) is 0. The van der Waals surface area contributed by atoms with Gasteiger partial charge in [0.25, 0.3) is 0 Å². The summed E-state index contributed by atoms with van der Waals surface area (Å²) in [6, 6.07) is 6.95. The molecule has 2 heteroatoms. The predicted octanol–water partition coefficient (Wildman–Crippen LogP) is 5.67. The van der Waals surface area contributed by atoms with Gasteiger partial charge in [-0.3, -0.25) is 0 Å². The summed E-state index contributed by atoms with van der Waals surface area (Å²) in [5, 5.41) is 4.66. The predicted molar refractivity (Wildman–Crippen MR) is 89.9 cm³/mol. The van der Waals surface area contributed by atoms with Crippen molar-refractivity contribution in [3.63, 3.8) is 0 Å². The number of halogens is 1. The Morgan fingerprint density at radius 2 is 1.67 bits per heavy atom. The first kappa shape index (κ1) is 13.9. The summed E-state index contributed by atoms with van der Waals surface area (Å²) in [6.07, 6.45) is 8.90. The van der Waals surface area contributed by atoms with Gasteiger partial charge in [0.2, 0.25) is 0 Å². The highest BCUT2D eigenvalue weighted by atomic mass is 35.5. The van der Waals surface area contributed by atoms with Crippen molar-refractivity contribution in [1.82, 2.24) is 0 Å². The lowest BCUT2D eigenvalue weighted by Crippen LogP contribution is -2.52. The second kappa shape index (κ2) is 4.91. The lowest BCUT2D eigenvalue weighted by Gasteiger charge is -2.59. The van der Waals surface area contributed by atoms with Gasteiger partial charge in [0.05, 0.1) is 0 Å². The summed E-state index contributed by atoms with van der Waals surface area (Å²) in [5.41, 5.74) is 2.89. The van der Waals surface area contributed by atoms with Gasteiger partial charge in [-0.2, -0.15) is 0 Å². The van der Waals surface area contributed by atoms with Gasteiger partial charge < -0.3 is 5.32 Å². The Labute approximate surface area is 133 Å². The maximum absolute atomic E-state index is 6.28. The monoisotopic (exact) mass is 303 g/mol. The van der Waals surface area contributed by atoms with Crippen LogP contribution in [-0.2, 0) is 0 Å². The number of benzene rings is 1. The summed E-state index contributed by atoms with van der Waals surface area (Å²) in [5.74, 6) is 3.05. The summed E-state index contributed by atoms with van der Waals surface area (Å²) < 4.78 is 0. The molecule has 4 aliphatic carbocycles. The smallest absolute Gasteiger partial charge is 0.0455 e. The van der Waals surface area contributed by atoms with Crippen LogP contribution >= 0.6 is 11.6 Å². The maximum atomic E-state index is 6.28. The average molecular weight is 304 g/mol. The van der Waals surface area contributed by atoms with Crippen LogP contribution in [0.25, 0.3) is 0 Å². The first-order valence-corrected chi connectivity index (χ1v) is 8.94. The van der Waals surface area contributed by atoms with Gasteiger partial charge in [0.15, 0.2) is 0 Å².